The minimum atomic E-state index is -0.139. The van der Waals surface area contributed by atoms with Gasteiger partial charge < -0.3 is 10.9 Å². The smallest absolute Gasteiger partial charge is 0.165 e. The van der Waals surface area contributed by atoms with E-state index >= 15 is 0 Å². The number of hydrogen-bond acceptors (Lipinski definition) is 4. The lowest BCUT2D eigenvalue weighted by atomic mass is 9.74. The highest BCUT2D eigenvalue weighted by molar-refractivity contribution is 6.08. The molecule has 0 aliphatic heterocycles. The monoisotopic (exact) mass is 375 g/mol. The first kappa shape index (κ1) is 18.4. The van der Waals surface area contributed by atoms with Gasteiger partial charge >= 0.3 is 0 Å². The van der Waals surface area contributed by atoms with E-state index in [2.05, 4.69) is 18.8 Å². The van der Waals surface area contributed by atoms with Gasteiger partial charge in [-0.1, -0.05) is 37.6 Å². The Hall–Kier alpha value is -2.92. The number of aryl methyl sites for hydroxylation is 1. The first-order valence-corrected chi connectivity index (χ1v) is 9.49. The van der Waals surface area contributed by atoms with Crippen molar-refractivity contribution in [2.45, 2.75) is 40.2 Å². The van der Waals surface area contributed by atoms with Crippen LogP contribution in [-0.2, 0) is 13.0 Å². The van der Waals surface area contributed by atoms with Crippen molar-refractivity contribution in [1.82, 2.24) is 9.66 Å². The third kappa shape index (κ3) is 2.92. The summed E-state index contributed by atoms with van der Waals surface area (Å²) in [5, 5.41) is 9.99. The highest BCUT2D eigenvalue weighted by Crippen LogP contribution is 2.45. The molecule has 3 aromatic rings. The van der Waals surface area contributed by atoms with E-state index < -0.39 is 0 Å². The predicted molar refractivity (Wildman–Crippen MR) is 110 cm³/mol. The lowest BCUT2D eigenvalue weighted by molar-refractivity contribution is 0.0911. The zero-order chi connectivity index (χ0) is 20.1. The van der Waals surface area contributed by atoms with Crippen molar-refractivity contribution in [1.29, 1.82) is 0 Å². The number of carbonyl (C=O) groups excluding carboxylic acids is 1. The molecule has 5 heteroatoms. The summed E-state index contributed by atoms with van der Waals surface area (Å²) < 4.78 is 1.67. The minimum Gasteiger partial charge on any atom is -0.392 e. The summed E-state index contributed by atoms with van der Waals surface area (Å²) >= 11 is 0. The number of benzene rings is 1. The summed E-state index contributed by atoms with van der Waals surface area (Å²) in [6.07, 6.45) is 4.65. The molecule has 0 saturated carbocycles. The van der Waals surface area contributed by atoms with Crippen molar-refractivity contribution in [3.63, 3.8) is 0 Å². The molecule has 5 nitrogen and oxygen atoms in total. The lowest BCUT2D eigenvalue weighted by Crippen LogP contribution is -2.29. The van der Waals surface area contributed by atoms with Crippen LogP contribution in [0.5, 0.6) is 0 Å². The van der Waals surface area contributed by atoms with E-state index in [1.54, 1.807) is 17.1 Å². The summed E-state index contributed by atoms with van der Waals surface area (Å²) in [6.45, 7) is 6.08. The van der Waals surface area contributed by atoms with Crippen LogP contribution in [0.25, 0.3) is 22.4 Å². The molecule has 1 aliphatic carbocycles. The van der Waals surface area contributed by atoms with Crippen LogP contribution in [0.2, 0.25) is 0 Å². The fraction of sp³-hybridized carbons (Fsp3) is 0.304. The SMILES string of the molecule is Cc1ccc(-c2c3c(n(N)c2-c2ccncc2)CC(C)(C)CC3=O)c(CO)c1. The Bertz CT molecular complexity index is 1070. The van der Waals surface area contributed by atoms with Crippen LogP contribution < -0.4 is 5.84 Å². The maximum atomic E-state index is 13.2. The Kier molecular flexibility index (Phi) is 4.35. The average molecular weight is 375 g/mol. The second kappa shape index (κ2) is 6.60. The molecule has 0 bridgehead atoms. The van der Waals surface area contributed by atoms with Crippen molar-refractivity contribution >= 4 is 5.78 Å². The second-order valence-corrected chi connectivity index (χ2v) is 8.41. The largest absolute Gasteiger partial charge is 0.392 e. The van der Waals surface area contributed by atoms with E-state index in [0.717, 1.165) is 45.6 Å². The topological polar surface area (TPSA) is 81.1 Å². The van der Waals surface area contributed by atoms with E-state index in [0.29, 0.717) is 12.0 Å². The van der Waals surface area contributed by atoms with E-state index in [9.17, 15) is 9.90 Å². The number of hydrogen-bond donors (Lipinski definition) is 2. The fourth-order valence-electron chi connectivity index (χ4n) is 4.30. The summed E-state index contributed by atoms with van der Waals surface area (Å²) in [7, 11) is 0. The molecule has 3 N–H and O–H groups in total. The van der Waals surface area contributed by atoms with Gasteiger partial charge in [0.1, 0.15) is 0 Å². The number of aliphatic hydroxyl groups excluding tert-OH is 1. The first-order valence-electron chi connectivity index (χ1n) is 9.49. The van der Waals surface area contributed by atoms with Crippen molar-refractivity contribution in [3.8, 4) is 22.4 Å². The fourth-order valence-corrected chi connectivity index (χ4v) is 4.30. The molecule has 1 aliphatic rings. The van der Waals surface area contributed by atoms with Gasteiger partial charge in [0.2, 0.25) is 0 Å². The van der Waals surface area contributed by atoms with Crippen LogP contribution in [0, 0.1) is 12.3 Å². The van der Waals surface area contributed by atoms with E-state index in [4.69, 9.17) is 5.84 Å². The van der Waals surface area contributed by atoms with Gasteiger partial charge in [0.25, 0.3) is 0 Å². The summed E-state index contributed by atoms with van der Waals surface area (Å²) in [4.78, 5) is 17.3. The van der Waals surface area contributed by atoms with E-state index in [-0.39, 0.29) is 17.8 Å². The Morgan fingerprint density at radius 1 is 1.14 bits per heavy atom. The average Bonchev–Trinajstić information content (AvgIpc) is 2.94. The number of aliphatic hydroxyl groups is 1. The first-order chi connectivity index (χ1) is 13.3. The van der Waals surface area contributed by atoms with Crippen LogP contribution in [0.15, 0.2) is 42.7 Å². The van der Waals surface area contributed by atoms with Crippen molar-refractivity contribution < 1.29 is 9.90 Å². The number of nitrogen functional groups attached to an aromatic ring is 1. The van der Waals surface area contributed by atoms with Gasteiger partial charge in [-0.2, -0.15) is 0 Å². The normalized spacial score (nSPS) is 15.5. The Balaban J connectivity index is 2.10. The van der Waals surface area contributed by atoms with Gasteiger partial charge in [0.05, 0.1) is 18.0 Å². The number of nitrogens with two attached hydrogens (primary N) is 1. The number of carbonyl (C=O) groups is 1. The summed E-state index contributed by atoms with van der Waals surface area (Å²) in [5.74, 6) is 6.68. The van der Waals surface area contributed by atoms with Gasteiger partial charge in [0, 0.05) is 35.5 Å². The molecule has 1 aromatic carbocycles. The van der Waals surface area contributed by atoms with Gasteiger partial charge in [0.15, 0.2) is 5.78 Å². The zero-order valence-corrected chi connectivity index (χ0v) is 16.5. The van der Waals surface area contributed by atoms with Gasteiger partial charge in [-0.15, -0.1) is 0 Å². The predicted octanol–water partition coefficient (Wildman–Crippen LogP) is 3.89. The van der Waals surface area contributed by atoms with Crippen LogP contribution in [-0.4, -0.2) is 20.5 Å². The van der Waals surface area contributed by atoms with Crippen LogP contribution >= 0.6 is 0 Å². The highest BCUT2D eigenvalue weighted by Gasteiger charge is 2.38. The molecule has 0 radical (unpaired) electrons. The highest BCUT2D eigenvalue weighted by atomic mass is 16.3. The number of ketones is 1. The van der Waals surface area contributed by atoms with Crippen molar-refractivity contribution in [3.05, 3.63) is 65.1 Å². The molecule has 0 fully saturated rings. The summed E-state index contributed by atoms with van der Waals surface area (Å²) in [5.41, 5.74) is 6.61. The van der Waals surface area contributed by atoms with Crippen molar-refractivity contribution in [2.24, 2.45) is 5.41 Å². The standard InChI is InChI=1S/C23H25N3O2/c1-14-4-5-17(16(10-14)13-27)20-21-18(11-23(2,3)12-19(21)28)26(24)22(20)15-6-8-25-9-7-15/h4-10,27H,11-13,24H2,1-3H3. The molecule has 144 valence electrons. The zero-order valence-electron chi connectivity index (χ0n) is 16.5. The van der Waals surface area contributed by atoms with Crippen LogP contribution in [0.4, 0.5) is 0 Å². The number of pyridine rings is 1. The van der Waals surface area contributed by atoms with E-state index in [1.165, 1.54) is 0 Å². The quantitative estimate of drug-likeness (QED) is 0.681. The molecular weight excluding hydrogens is 350 g/mol. The molecule has 0 saturated heterocycles. The third-order valence-electron chi connectivity index (χ3n) is 5.53. The molecule has 2 aromatic heterocycles. The van der Waals surface area contributed by atoms with Crippen LogP contribution in [0.3, 0.4) is 0 Å². The molecule has 2 heterocycles. The maximum absolute atomic E-state index is 13.2. The Labute approximate surface area is 164 Å². The molecule has 28 heavy (non-hydrogen) atoms. The number of Topliss-reactive ketones (excluding diaryl/α,β-unsaturated/α-hetero) is 1. The number of fused-ring (bicyclic) bond motifs is 1. The molecule has 0 amide bonds. The Morgan fingerprint density at radius 3 is 2.54 bits per heavy atom. The van der Waals surface area contributed by atoms with Crippen molar-refractivity contribution in [2.75, 3.05) is 5.84 Å². The minimum absolute atomic E-state index is 0.100. The number of nitrogens with zero attached hydrogens (tertiary/aromatic N) is 2. The second-order valence-electron chi connectivity index (χ2n) is 8.41. The summed E-state index contributed by atoms with van der Waals surface area (Å²) in [6, 6.07) is 9.74. The third-order valence-corrected chi connectivity index (χ3v) is 5.53. The molecule has 4 rings (SSSR count). The molecule has 0 spiro atoms. The maximum Gasteiger partial charge on any atom is 0.165 e. The van der Waals surface area contributed by atoms with Gasteiger partial charge in [-0.05, 0) is 42.0 Å². The van der Waals surface area contributed by atoms with Gasteiger partial charge in [-0.3, -0.25) is 14.5 Å². The van der Waals surface area contributed by atoms with Crippen LogP contribution in [0.1, 0.15) is 47.4 Å². The molecule has 0 atom stereocenters. The van der Waals surface area contributed by atoms with Gasteiger partial charge in [-0.25, -0.2) is 0 Å². The van der Waals surface area contributed by atoms with E-state index in [1.807, 2.05) is 37.3 Å². The Morgan fingerprint density at radius 2 is 1.86 bits per heavy atom. The number of rotatable bonds is 3. The number of aromatic nitrogens is 2. The molecule has 0 unspecified atom stereocenters. The lowest BCUT2D eigenvalue weighted by Gasteiger charge is -2.29. The molecular formula is C23H25N3O2.